The zero-order valence-electron chi connectivity index (χ0n) is 16.8. The SMILES string of the molecule is Cc1ncc(-c2cc(C(=O)N3CCC(c4ccc(C#N)cc4)CC3)ccc2C)[nH]1. The van der Waals surface area contributed by atoms with E-state index in [1.54, 1.807) is 0 Å². The molecule has 1 fully saturated rings. The second-order valence-corrected chi connectivity index (χ2v) is 7.71. The predicted octanol–water partition coefficient (Wildman–Crippen LogP) is 4.59. The molecule has 0 aliphatic carbocycles. The van der Waals surface area contributed by atoms with Gasteiger partial charge in [0.15, 0.2) is 0 Å². The van der Waals surface area contributed by atoms with Crippen LogP contribution in [0.4, 0.5) is 0 Å². The number of carbonyl (C=O) groups excluding carboxylic acids is 1. The number of nitrogens with one attached hydrogen (secondary N) is 1. The fourth-order valence-corrected chi connectivity index (χ4v) is 4.03. The average Bonchev–Trinajstić information content (AvgIpc) is 3.20. The Kier molecular flexibility index (Phi) is 5.18. The molecule has 0 radical (unpaired) electrons. The minimum atomic E-state index is 0.0840. The van der Waals surface area contributed by atoms with Gasteiger partial charge >= 0.3 is 0 Å². The van der Waals surface area contributed by atoms with Gasteiger partial charge in [-0.1, -0.05) is 18.2 Å². The zero-order chi connectivity index (χ0) is 20.4. The van der Waals surface area contributed by atoms with Crippen LogP contribution in [-0.2, 0) is 0 Å². The van der Waals surface area contributed by atoms with Crippen molar-refractivity contribution in [3.05, 3.63) is 76.7 Å². The van der Waals surface area contributed by atoms with E-state index in [9.17, 15) is 4.79 Å². The highest BCUT2D eigenvalue weighted by Gasteiger charge is 2.25. The van der Waals surface area contributed by atoms with Gasteiger partial charge in [0, 0.05) is 24.2 Å². The van der Waals surface area contributed by atoms with Gasteiger partial charge < -0.3 is 9.88 Å². The smallest absolute Gasteiger partial charge is 0.253 e. The van der Waals surface area contributed by atoms with Crippen LogP contribution in [-0.4, -0.2) is 33.9 Å². The molecule has 0 unspecified atom stereocenters. The topological polar surface area (TPSA) is 72.8 Å². The summed E-state index contributed by atoms with van der Waals surface area (Å²) in [5.74, 6) is 1.38. The molecule has 2 aromatic carbocycles. The second-order valence-electron chi connectivity index (χ2n) is 7.71. The first-order valence-electron chi connectivity index (χ1n) is 9.97. The lowest BCUT2D eigenvalue weighted by Crippen LogP contribution is -2.37. The molecule has 3 aromatic rings. The quantitative estimate of drug-likeness (QED) is 0.718. The third-order valence-corrected chi connectivity index (χ3v) is 5.77. The molecule has 29 heavy (non-hydrogen) atoms. The summed E-state index contributed by atoms with van der Waals surface area (Å²) in [6, 6.07) is 15.9. The summed E-state index contributed by atoms with van der Waals surface area (Å²) < 4.78 is 0. The monoisotopic (exact) mass is 384 g/mol. The molecule has 2 heterocycles. The fraction of sp³-hybridized carbons (Fsp3) is 0.292. The average molecular weight is 384 g/mol. The van der Waals surface area contributed by atoms with Crippen LogP contribution in [0.1, 0.15) is 51.6 Å². The summed E-state index contributed by atoms with van der Waals surface area (Å²) in [6.07, 6.45) is 3.70. The van der Waals surface area contributed by atoms with Gasteiger partial charge in [-0.25, -0.2) is 4.98 Å². The van der Waals surface area contributed by atoms with Crippen LogP contribution < -0.4 is 0 Å². The number of benzene rings is 2. The van der Waals surface area contributed by atoms with Gasteiger partial charge in [-0.05, 0) is 68.0 Å². The fourth-order valence-electron chi connectivity index (χ4n) is 4.03. The Morgan fingerprint density at radius 2 is 1.86 bits per heavy atom. The molecule has 5 nitrogen and oxygen atoms in total. The molecule has 1 aliphatic heterocycles. The Bertz CT molecular complexity index is 1070. The van der Waals surface area contributed by atoms with E-state index in [2.05, 4.69) is 16.0 Å². The predicted molar refractivity (Wildman–Crippen MR) is 113 cm³/mol. The number of likely N-dealkylation sites (tertiary alicyclic amines) is 1. The van der Waals surface area contributed by atoms with Crippen LogP contribution in [0.15, 0.2) is 48.7 Å². The number of piperidine rings is 1. The number of hydrogen-bond acceptors (Lipinski definition) is 3. The Morgan fingerprint density at radius 1 is 1.14 bits per heavy atom. The summed E-state index contributed by atoms with van der Waals surface area (Å²) >= 11 is 0. The number of hydrogen-bond donors (Lipinski definition) is 1. The highest BCUT2D eigenvalue weighted by molar-refractivity contribution is 5.95. The van der Waals surface area contributed by atoms with Gasteiger partial charge in [-0.15, -0.1) is 0 Å². The summed E-state index contributed by atoms with van der Waals surface area (Å²) in [5.41, 5.74) is 5.73. The first kappa shape index (κ1) is 18.9. The minimum absolute atomic E-state index is 0.0840. The van der Waals surface area contributed by atoms with E-state index in [0.29, 0.717) is 11.5 Å². The summed E-state index contributed by atoms with van der Waals surface area (Å²) in [6.45, 7) is 5.46. The molecular weight excluding hydrogens is 360 g/mol. The van der Waals surface area contributed by atoms with E-state index in [1.165, 1.54) is 5.56 Å². The van der Waals surface area contributed by atoms with Gasteiger partial charge in [0.1, 0.15) is 5.82 Å². The second kappa shape index (κ2) is 7.92. The maximum atomic E-state index is 13.1. The van der Waals surface area contributed by atoms with Crippen molar-refractivity contribution in [3.8, 4) is 17.3 Å². The van der Waals surface area contributed by atoms with Gasteiger partial charge in [-0.3, -0.25) is 4.79 Å². The number of nitrogens with zero attached hydrogens (tertiary/aromatic N) is 3. The number of rotatable bonds is 3. The van der Waals surface area contributed by atoms with E-state index in [0.717, 1.165) is 54.1 Å². The normalized spacial score (nSPS) is 14.6. The third kappa shape index (κ3) is 3.93. The van der Waals surface area contributed by atoms with Gasteiger partial charge in [0.25, 0.3) is 5.91 Å². The standard InChI is InChI=1S/C24H24N4O/c1-16-3-6-21(13-22(16)23-15-26-17(2)27-23)24(29)28-11-9-20(10-12-28)19-7-4-18(14-25)5-8-19/h3-8,13,15,20H,9-12H2,1-2H3,(H,26,27). The maximum absolute atomic E-state index is 13.1. The molecule has 0 bridgehead atoms. The van der Waals surface area contributed by atoms with E-state index in [-0.39, 0.29) is 5.91 Å². The largest absolute Gasteiger partial charge is 0.342 e. The molecule has 0 saturated carbocycles. The van der Waals surface area contributed by atoms with E-state index < -0.39 is 0 Å². The van der Waals surface area contributed by atoms with Gasteiger partial charge in [0.2, 0.25) is 0 Å². The van der Waals surface area contributed by atoms with Crippen LogP contribution in [0.3, 0.4) is 0 Å². The third-order valence-electron chi connectivity index (χ3n) is 5.77. The lowest BCUT2D eigenvalue weighted by molar-refractivity contribution is 0.0713. The molecule has 1 aliphatic rings. The number of aryl methyl sites for hydroxylation is 2. The van der Waals surface area contributed by atoms with Crippen molar-refractivity contribution in [2.24, 2.45) is 0 Å². The van der Waals surface area contributed by atoms with Crippen molar-refractivity contribution in [1.82, 2.24) is 14.9 Å². The Hall–Kier alpha value is -3.39. The van der Waals surface area contributed by atoms with Crippen molar-refractivity contribution in [2.75, 3.05) is 13.1 Å². The number of amides is 1. The molecular formula is C24H24N4O. The molecule has 4 rings (SSSR count). The Balaban J connectivity index is 1.46. The number of nitriles is 1. The van der Waals surface area contributed by atoms with Crippen molar-refractivity contribution in [3.63, 3.8) is 0 Å². The lowest BCUT2D eigenvalue weighted by Gasteiger charge is -2.32. The number of carbonyl (C=O) groups is 1. The molecule has 1 aromatic heterocycles. The van der Waals surface area contributed by atoms with E-state index in [1.807, 2.05) is 67.4 Å². The molecule has 1 amide bonds. The van der Waals surface area contributed by atoms with E-state index >= 15 is 0 Å². The van der Waals surface area contributed by atoms with Crippen LogP contribution in [0.25, 0.3) is 11.3 Å². The van der Waals surface area contributed by atoms with Crippen molar-refractivity contribution in [2.45, 2.75) is 32.6 Å². The van der Waals surface area contributed by atoms with Crippen LogP contribution >= 0.6 is 0 Å². The van der Waals surface area contributed by atoms with Crippen molar-refractivity contribution in [1.29, 1.82) is 5.26 Å². The Labute approximate surface area is 171 Å². The Morgan fingerprint density at radius 3 is 2.48 bits per heavy atom. The summed E-state index contributed by atoms with van der Waals surface area (Å²) in [5, 5.41) is 8.95. The number of aromatic nitrogens is 2. The molecule has 146 valence electrons. The first-order valence-corrected chi connectivity index (χ1v) is 9.97. The summed E-state index contributed by atoms with van der Waals surface area (Å²) in [7, 11) is 0. The zero-order valence-corrected chi connectivity index (χ0v) is 16.8. The van der Waals surface area contributed by atoms with Crippen molar-refractivity contribution < 1.29 is 4.79 Å². The van der Waals surface area contributed by atoms with Crippen LogP contribution in [0, 0.1) is 25.2 Å². The van der Waals surface area contributed by atoms with Crippen molar-refractivity contribution >= 4 is 5.91 Å². The number of H-pyrrole nitrogens is 1. The molecule has 1 saturated heterocycles. The van der Waals surface area contributed by atoms with E-state index in [4.69, 9.17) is 5.26 Å². The minimum Gasteiger partial charge on any atom is -0.342 e. The lowest BCUT2D eigenvalue weighted by atomic mass is 9.88. The molecule has 5 heteroatoms. The van der Waals surface area contributed by atoms with Gasteiger partial charge in [0.05, 0.1) is 23.5 Å². The van der Waals surface area contributed by atoms with Crippen LogP contribution in [0.2, 0.25) is 0 Å². The highest BCUT2D eigenvalue weighted by Crippen LogP contribution is 2.30. The molecule has 1 N–H and O–H groups in total. The van der Waals surface area contributed by atoms with Crippen LogP contribution in [0.5, 0.6) is 0 Å². The molecule has 0 spiro atoms. The number of imidazole rings is 1. The number of aromatic amines is 1. The summed E-state index contributed by atoms with van der Waals surface area (Å²) in [4.78, 5) is 22.6. The first-order chi connectivity index (χ1) is 14.0. The highest BCUT2D eigenvalue weighted by atomic mass is 16.2. The van der Waals surface area contributed by atoms with Gasteiger partial charge in [-0.2, -0.15) is 5.26 Å². The molecule has 0 atom stereocenters. The maximum Gasteiger partial charge on any atom is 0.253 e.